The summed E-state index contributed by atoms with van der Waals surface area (Å²) >= 11 is 5.79. The van der Waals surface area contributed by atoms with Crippen molar-refractivity contribution < 1.29 is 9.22 Å². The summed E-state index contributed by atoms with van der Waals surface area (Å²) in [5.41, 5.74) is 0.401. The van der Waals surface area contributed by atoms with Crippen LogP contribution in [0.1, 0.15) is 20.8 Å². The van der Waals surface area contributed by atoms with E-state index < -0.39 is 4.50 Å². The number of halogens is 1. The van der Waals surface area contributed by atoms with Gasteiger partial charge in [-0.15, -0.1) is 11.6 Å². The maximum atomic E-state index is 10.8. The molecule has 0 rings (SSSR count). The van der Waals surface area contributed by atoms with E-state index in [1.165, 1.54) is 0 Å². The summed E-state index contributed by atoms with van der Waals surface area (Å²) in [6.07, 6.45) is 0. The first-order valence-electron chi connectivity index (χ1n) is 3.15. The van der Waals surface area contributed by atoms with Crippen LogP contribution in [0.2, 0.25) is 0 Å². The molecule has 0 heterocycles. The topological polar surface area (TPSA) is 26.3 Å². The lowest BCUT2D eigenvalue weighted by Crippen LogP contribution is -2.26. The summed E-state index contributed by atoms with van der Waals surface area (Å²) < 4.78 is 4.36. The largest absolute Gasteiger partial charge is 0.511 e. The van der Waals surface area contributed by atoms with Gasteiger partial charge in [-0.1, -0.05) is 6.58 Å². The van der Waals surface area contributed by atoms with Crippen LogP contribution in [0.15, 0.2) is 12.2 Å². The molecule has 0 saturated carbocycles. The van der Waals surface area contributed by atoms with Gasteiger partial charge in [0.25, 0.3) is 0 Å². The molecule has 0 spiro atoms. The number of carbonyl (C=O) groups is 1. The van der Waals surface area contributed by atoms with Crippen molar-refractivity contribution in [2.75, 3.05) is 0 Å². The first-order chi connectivity index (χ1) is 4.83. The molecule has 2 nitrogen and oxygen atoms in total. The Morgan fingerprint density at radius 2 is 2.09 bits per heavy atom. The zero-order chi connectivity index (χ0) is 9.07. The SMILES string of the molecule is C=C(C)C(=O)O[Si]C(C)(C)Cl. The van der Waals surface area contributed by atoms with Crippen LogP contribution in [0, 0.1) is 0 Å². The van der Waals surface area contributed by atoms with E-state index in [4.69, 9.17) is 16.0 Å². The molecular formula is C7H11ClO2Si. The van der Waals surface area contributed by atoms with Crippen LogP contribution in [0.25, 0.3) is 0 Å². The van der Waals surface area contributed by atoms with E-state index in [0.717, 1.165) is 0 Å². The zero-order valence-corrected chi connectivity index (χ0v) is 8.66. The Labute approximate surface area is 74.5 Å². The van der Waals surface area contributed by atoms with Crippen molar-refractivity contribution in [1.82, 2.24) is 0 Å². The predicted octanol–water partition coefficient (Wildman–Crippen LogP) is 1.70. The van der Waals surface area contributed by atoms with Crippen LogP contribution in [-0.4, -0.2) is 20.2 Å². The van der Waals surface area contributed by atoms with Gasteiger partial charge in [0, 0.05) is 5.57 Å². The van der Waals surface area contributed by atoms with Gasteiger partial charge in [0.05, 0.1) is 4.50 Å². The molecule has 0 saturated heterocycles. The molecule has 0 aromatic rings. The number of alkyl halides is 1. The molecule has 0 aliphatic rings. The quantitative estimate of drug-likeness (QED) is 0.385. The van der Waals surface area contributed by atoms with Crippen molar-refractivity contribution in [2.24, 2.45) is 0 Å². The van der Waals surface area contributed by atoms with Crippen molar-refractivity contribution in [1.29, 1.82) is 0 Å². The predicted molar refractivity (Wildman–Crippen MR) is 46.6 cm³/mol. The summed E-state index contributed by atoms with van der Waals surface area (Å²) in [4.78, 5) is 10.8. The lowest BCUT2D eigenvalue weighted by molar-refractivity contribution is -0.130. The Balaban J connectivity index is 3.73. The molecular weight excluding hydrogens is 180 g/mol. The molecule has 0 atom stereocenters. The fourth-order valence-electron chi connectivity index (χ4n) is 0.255. The minimum absolute atomic E-state index is 0.0302. The molecule has 0 aromatic carbocycles. The van der Waals surface area contributed by atoms with Gasteiger partial charge in [0.1, 0.15) is 0 Å². The summed E-state index contributed by atoms with van der Waals surface area (Å²) in [6, 6.07) is 0. The molecule has 0 aliphatic carbocycles. The highest BCUT2D eigenvalue weighted by atomic mass is 35.5. The molecule has 0 aliphatic heterocycles. The van der Waals surface area contributed by atoms with Crippen LogP contribution >= 0.6 is 11.6 Å². The Kier molecular flexibility index (Phi) is 3.82. The van der Waals surface area contributed by atoms with Gasteiger partial charge in [-0.2, -0.15) is 0 Å². The highest BCUT2D eigenvalue weighted by Gasteiger charge is 2.19. The second-order valence-electron chi connectivity index (χ2n) is 2.74. The van der Waals surface area contributed by atoms with E-state index in [9.17, 15) is 4.79 Å². The van der Waals surface area contributed by atoms with Crippen molar-refractivity contribution in [3.63, 3.8) is 0 Å². The highest BCUT2D eigenvalue weighted by molar-refractivity contribution is 6.53. The van der Waals surface area contributed by atoms with Crippen LogP contribution in [0.5, 0.6) is 0 Å². The number of hydrogen-bond donors (Lipinski definition) is 0. The zero-order valence-electron chi connectivity index (χ0n) is 6.90. The molecule has 0 aromatic heterocycles. The van der Waals surface area contributed by atoms with Crippen molar-refractivity contribution in [3.05, 3.63) is 12.2 Å². The van der Waals surface area contributed by atoms with Gasteiger partial charge in [0.15, 0.2) is 0 Å². The van der Waals surface area contributed by atoms with E-state index in [-0.39, 0.29) is 15.7 Å². The third-order valence-electron chi connectivity index (χ3n) is 0.735. The van der Waals surface area contributed by atoms with Gasteiger partial charge in [-0.3, -0.25) is 0 Å². The second kappa shape index (κ2) is 3.92. The summed E-state index contributed by atoms with van der Waals surface area (Å²) in [5, 5.41) is 0. The average molecular weight is 191 g/mol. The number of hydrogen-bond acceptors (Lipinski definition) is 2. The lowest BCUT2D eigenvalue weighted by Gasteiger charge is -2.12. The fourth-order valence-corrected chi connectivity index (χ4v) is 0.880. The van der Waals surface area contributed by atoms with Crippen molar-refractivity contribution >= 4 is 27.3 Å². The Bertz CT molecular complexity index is 172. The van der Waals surface area contributed by atoms with Crippen LogP contribution in [-0.2, 0) is 9.22 Å². The normalized spacial score (nSPS) is 10.9. The van der Waals surface area contributed by atoms with Crippen molar-refractivity contribution in [2.45, 2.75) is 25.3 Å². The van der Waals surface area contributed by atoms with Gasteiger partial charge in [-0.05, 0) is 20.8 Å². The maximum Gasteiger partial charge on any atom is 0.337 e. The van der Waals surface area contributed by atoms with Gasteiger partial charge >= 0.3 is 15.7 Å². The first-order valence-corrected chi connectivity index (χ1v) is 4.44. The molecule has 11 heavy (non-hydrogen) atoms. The second-order valence-corrected chi connectivity index (χ2v) is 5.66. The fraction of sp³-hybridized carbons (Fsp3) is 0.571. The minimum atomic E-state index is -0.467. The summed E-state index contributed by atoms with van der Waals surface area (Å²) in [5.74, 6) is -0.378. The summed E-state index contributed by atoms with van der Waals surface area (Å²) in [6.45, 7) is 8.63. The molecule has 0 amide bonds. The highest BCUT2D eigenvalue weighted by Crippen LogP contribution is 2.10. The van der Waals surface area contributed by atoms with Crippen molar-refractivity contribution in [3.8, 4) is 0 Å². The third-order valence-corrected chi connectivity index (χ3v) is 1.74. The van der Waals surface area contributed by atoms with E-state index in [0.29, 0.717) is 5.57 Å². The maximum absolute atomic E-state index is 10.8. The number of rotatable bonds is 3. The number of carbonyl (C=O) groups excluding carboxylic acids is 1. The van der Waals surface area contributed by atoms with Gasteiger partial charge in [-0.25, -0.2) is 4.79 Å². The summed E-state index contributed by atoms with van der Waals surface area (Å²) in [7, 11) is -0.0302. The van der Waals surface area contributed by atoms with Gasteiger partial charge in [0.2, 0.25) is 0 Å². The smallest absolute Gasteiger partial charge is 0.337 e. The molecule has 62 valence electrons. The third kappa shape index (κ3) is 6.13. The Hall–Kier alpha value is -0.283. The van der Waals surface area contributed by atoms with E-state index >= 15 is 0 Å². The molecule has 0 unspecified atom stereocenters. The minimum Gasteiger partial charge on any atom is -0.511 e. The molecule has 0 N–H and O–H groups in total. The molecule has 2 radical (unpaired) electrons. The average Bonchev–Trinajstić information content (AvgIpc) is 1.80. The Morgan fingerprint density at radius 3 is 2.36 bits per heavy atom. The molecule has 4 heteroatoms. The van der Waals surface area contributed by atoms with Crippen LogP contribution in [0.3, 0.4) is 0 Å². The first kappa shape index (κ1) is 10.7. The standard InChI is InChI=1S/C7H11ClO2Si/c1-5(2)6(9)10-11-7(3,4)8/h1H2,2-4H3. The van der Waals surface area contributed by atoms with Gasteiger partial charge < -0.3 is 4.43 Å². The van der Waals surface area contributed by atoms with E-state index in [1.807, 2.05) is 0 Å². The van der Waals surface area contributed by atoms with Crippen LogP contribution < -0.4 is 0 Å². The molecule has 0 fully saturated rings. The molecule has 0 bridgehead atoms. The van der Waals surface area contributed by atoms with E-state index in [1.54, 1.807) is 20.8 Å². The van der Waals surface area contributed by atoms with E-state index in [2.05, 4.69) is 6.58 Å². The Morgan fingerprint density at radius 1 is 1.64 bits per heavy atom. The van der Waals surface area contributed by atoms with Crippen LogP contribution in [0.4, 0.5) is 0 Å². The lowest BCUT2D eigenvalue weighted by atomic mass is 10.4. The monoisotopic (exact) mass is 190 g/mol.